The Balaban J connectivity index is 2.51. The first-order valence-corrected chi connectivity index (χ1v) is 10.9. The van der Waals surface area contributed by atoms with Crippen molar-refractivity contribution in [1.82, 2.24) is 14.5 Å². The van der Waals surface area contributed by atoms with Crippen molar-refractivity contribution in [3.63, 3.8) is 0 Å². The average Bonchev–Trinajstić information content (AvgIpc) is 2.64. The number of aryl methyl sites for hydroxylation is 1. The third-order valence-electron chi connectivity index (χ3n) is 4.55. The summed E-state index contributed by atoms with van der Waals surface area (Å²) in [6.45, 7) is 12.2. The summed E-state index contributed by atoms with van der Waals surface area (Å²) in [6.07, 6.45) is 1.00. The van der Waals surface area contributed by atoms with E-state index in [-0.39, 0.29) is 5.91 Å². The number of likely N-dealkylation sites (N-methyl/N-ethyl adjacent to an activating group) is 1. The Hall–Kier alpha value is -1.44. The molecule has 0 aliphatic heterocycles. The summed E-state index contributed by atoms with van der Waals surface area (Å²) >= 11 is 0. The van der Waals surface area contributed by atoms with Crippen molar-refractivity contribution in [2.45, 2.75) is 45.4 Å². The predicted molar refractivity (Wildman–Crippen MR) is 106 cm³/mol. The van der Waals surface area contributed by atoms with Gasteiger partial charge in [0.2, 0.25) is 15.9 Å². The van der Waals surface area contributed by atoms with Gasteiger partial charge in [0.15, 0.2) is 0 Å². The number of carbonyl (C=O) groups is 1. The molecule has 6 nitrogen and oxygen atoms in total. The summed E-state index contributed by atoms with van der Waals surface area (Å²) in [7, 11) is -3.43. The Morgan fingerprint density at radius 2 is 1.54 bits per heavy atom. The van der Waals surface area contributed by atoms with Crippen LogP contribution in [0.1, 0.15) is 39.7 Å². The number of carbonyl (C=O) groups excluding carboxylic acids is 1. The van der Waals surface area contributed by atoms with Gasteiger partial charge in [-0.3, -0.25) is 4.79 Å². The second-order valence-electron chi connectivity index (χ2n) is 6.11. The smallest absolute Gasteiger partial charge is 0.243 e. The molecule has 0 aliphatic carbocycles. The number of benzene rings is 1. The first kappa shape index (κ1) is 22.6. The molecule has 1 rings (SSSR count). The van der Waals surface area contributed by atoms with E-state index in [2.05, 4.69) is 24.1 Å². The van der Waals surface area contributed by atoms with Crippen molar-refractivity contribution < 1.29 is 13.2 Å². The molecule has 0 saturated carbocycles. The third kappa shape index (κ3) is 6.70. The molecule has 0 aromatic heterocycles. The molecule has 1 amide bonds. The number of hydrogen-bond donors (Lipinski definition) is 1. The van der Waals surface area contributed by atoms with Crippen LogP contribution in [0.3, 0.4) is 0 Å². The van der Waals surface area contributed by atoms with Crippen LogP contribution in [0, 0.1) is 0 Å². The highest BCUT2D eigenvalue weighted by Crippen LogP contribution is 2.16. The molecule has 1 aromatic rings. The second kappa shape index (κ2) is 11.3. The molecule has 0 fully saturated rings. The van der Waals surface area contributed by atoms with E-state index in [4.69, 9.17) is 0 Å². The Morgan fingerprint density at radius 3 is 2.04 bits per heavy atom. The number of amides is 1. The first-order chi connectivity index (χ1) is 12.4. The van der Waals surface area contributed by atoms with Crippen LogP contribution in [0.4, 0.5) is 0 Å². The maximum atomic E-state index is 12.5. The molecule has 26 heavy (non-hydrogen) atoms. The van der Waals surface area contributed by atoms with Gasteiger partial charge in [-0.15, -0.1) is 0 Å². The van der Waals surface area contributed by atoms with E-state index in [0.29, 0.717) is 37.4 Å². The molecule has 0 heterocycles. The van der Waals surface area contributed by atoms with Crippen molar-refractivity contribution in [2.75, 3.05) is 39.3 Å². The SMILES string of the molecule is CCN(CC)CCNC(=O)CCc1ccc(S(=O)(=O)N(CC)CC)cc1. The van der Waals surface area contributed by atoms with E-state index in [0.717, 1.165) is 25.2 Å². The number of rotatable bonds is 12. The van der Waals surface area contributed by atoms with Crippen molar-refractivity contribution in [3.8, 4) is 0 Å². The molecule has 148 valence electrons. The molecule has 0 unspecified atom stereocenters. The van der Waals surface area contributed by atoms with Gasteiger partial charge in [-0.05, 0) is 37.2 Å². The monoisotopic (exact) mass is 383 g/mol. The molecule has 7 heteroatoms. The quantitative estimate of drug-likeness (QED) is 0.600. The van der Waals surface area contributed by atoms with E-state index in [1.807, 2.05) is 13.8 Å². The van der Waals surface area contributed by atoms with E-state index < -0.39 is 10.0 Å². The zero-order chi connectivity index (χ0) is 19.6. The standard InChI is InChI=1S/C19H33N3O3S/c1-5-21(6-2)16-15-20-19(23)14-11-17-9-12-18(13-10-17)26(24,25)22(7-3)8-4/h9-10,12-13H,5-8,11,14-16H2,1-4H3,(H,20,23). The van der Waals surface area contributed by atoms with Crippen LogP contribution in [0.2, 0.25) is 0 Å². The van der Waals surface area contributed by atoms with Gasteiger partial charge in [0.25, 0.3) is 0 Å². The van der Waals surface area contributed by atoms with Crippen LogP contribution in [-0.2, 0) is 21.2 Å². The lowest BCUT2D eigenvalue weighted by Crippen LogP contribution is -2.34. The zero-order valence-electron chi connectivity index (χ0n) is 16.5. The summed E-state index contributed by atoms with van der Waals surface area (Å²) in [4.78, 5) is 14.5. The van der Waals surface area contributed by atoms with E-state index in [9.17, 15) is 13.2 Å². The lowest BCUT2D eigenvalue weighted by molar-refractivity contribution is -0.121. The van der Waals surface area contributed by atoms with Gasteiger partial charge < -0.3 is 10.2 Å². The Kier molecular flexibility index (Phi) is 9.83. The highest BCUT2D eigenvalue weighted by atomic mass is 32.2. The second-order valence-corrected chi connectivity index (χ2v) is 8.05. The molecule has 0 radical (unpaired) electrons. The fraction of sp³-hybridized carbons (Fsp3) is 0.632. The largest absolute Gasteiger partial charge is 0.355 e. The molecule has 1 aromatic carbocycles. The Morgan fingerprint density at radius 1 is 0.962 bits per heavy atom. The molecule has 0 atom stereocenters. The van der Waals surface area contributed by atoms with E-state index >= 15 is 0 Å². The van der Waals surface area contributed by atoms with Crippen LogP contribution in [0.15, 0.2) is 29.2 Å². The topological polar surface area (TPSA) is 69.7 Å². The fourth-order valence-electron chi connectivity index (χ4n) is 2.78. The predicted octanol–water partition coefficient (Wildman–Crippen LogP) is 2.11. The number of nitrogens with zero attached hydrogens (tertiary/aromatic N) is 2. The maximum absolute atomic E-state index is 12.5. The lowest BCUT2D eigenvalue weighted by Gasteiger charge is -2.18. The molecule has 0 bridgehead atoms. The molecule has 0 spiro atoms. The summed E-state index contributed by atoms with van der Waals surface area (Å²) in [5.41, 5.74) is 0.961. The fourth-order valence-corrected chi connectivity index (χ4v) is 4.24. The Bertz CT molecular complexity index is 636. The van der Waals surface area contributed by atoms with Crippen molar-refractivity contribution in [2.24, 2.45) is 0 Å². The maximum Gasteiger partial charge on any atom is 0.243 e. The van der Waals surface area contributed by atoms with Crippen LogP contribution in [-0.4, -0.2) is 62.8 Å². The summed E-state index contributed by atoms with van der Waals surface area (Å²) in [6, 6.07) is 6.83. The van der Waals surface area contributed by atoms with E-state index in [1.165, 1.54) is 4.31 Å². The third-order valence-corrected chi connectivity index (χ3v) is 6.62. The summed E-state index contributed by atoms with van der Waals surface area (Å²) < 4.78 is 26.3. The lowest BCUT2D eigenvalue weighted by atomic mass is 10.1. The molecular formula is C19H33N3O3S. The van der Waals surface area contributed by atoms with E-state index in [1.54, 1.807) is 24.3 Å². The average molecular weight is 384 g/mol. The van der Waals surface area contributed by atoms with Crippen molar-refractivity contribution in [1.29, 1.82) is 0 Å². The van der Waals surface area contributed by atoms with Gasteiger partial charge in [0.1, 0.15) is 0 Å². The van der Waals surface area contributed by atoms with Gasteiger partial charge in [-0.1, -0.05) is 39.8 Å². The molecule has 0 aliphatic rings. The molecule has 1 N–H and O–H groups in total. The van der Waals surface area contributed by atoms with Crippen LogP contribution in [0.5, 0.6) is 0 Å². The first-order valence-electron chi connectivity index (χ1n) is 9.47. The van der Waals surface area contributed by atoms with Crippen molar-refractivity contribution >= 4 is 15.9 Å². The highest BCUT2D eigenvalue weighted by Gasteiger charge is 2.21. The highest BCUT2D eigenvalue weighted by molar-refractivity contribution is 7.89. The minimum absolute atomic E-state index is 0.0250. The minimum Gasteiger partial charge on any atom is -0.355 e. The van der Waals surface area contributed by atoms with Gasteiger partial charge >= 0.3 is 0 Å². The Labute approximate surface area is 158 Å². The van der Waals surface area contributed by atoms with Crippen LogP contribution in [0.25, 0.3) is 0 Å². The van der Waals surface area contributed by atoms with Crippen LogP contribution < -0.4 is 5.32 Å². The van der Waals surface area contributed by atoms with Gasteiger partial charge in [0.05, 0.1) is 4.90 Å². The molecule has 0 saturated heterocycles. The molecular weight excluding hydrogens is 350 g/mol. The minimum atomic E-state index is -3.43. The number of hydrogen-bond acceptors (Lipinski definition) is 4. The summed E-state index contributed by atoms with van der Waals surface area (Å²) in [5, 5.41) is 2.93. The van der Waals surface area contributed by atoms with Gasteiger partial charge in [0, 0.05) is 32.6 Å². The van der Waals surface area contributed by atoms with Crippen molar-refractivity contribution in [3.05, 3.63) is 29.8 Å². The summed E-state index contributed by atoms with van der Waals surface area (Å²) in [5.74, 6) is 0.0250. The van der Waals surface area contributed by atoms with Gasteiger partial charge in [-0.2, -0.15) is 4.31 Å². The van der Waals surface area contributed by atoms with Crippen LogP contribution >= 0.6 is 0 Å². The zero-order valence-corrected chi connectivity index (χ0v) is 17.3. The number of nitrogens with one attached hydrogen (secondary N) is 1. The van der Waals surface area contributed by atoms with Gasteiger partial charge in [-0.25, -0.2) is 8.42 Å². The normalized spacial score (nSPS) is 11.9. The number of sulfonamides is 1.